The number of nitrogens with zero attached hydrogens (tertiary/aromatic N) is 1. The molecule has 134 valence electrons. The van der Waals surface area contributed by atoms with E-state index in [-0.39, 0.29) is 12.4 Å². The van der Waals surface area contributed by atoms with Crippen LogP contribution in [0.15, 0.2) is 30.3 Å². The summed E-state index contributed by atoms with van der Waals surface area (Å²) in [6.45, 7) is 4.87. The lowest BCUT2D eigenvalue weighted by Gasteiger charge is -2.38. The first-order valence-electron chi connectivity index (χ1n) is 8.31. The molecule has 0 atom stereocenters. The number of benzene rings is 1. The van der Waals surface area contributed by atoms with Crippen LogP contribution < -0.4 is 5.32 Å². The first-order valence-corrected chi connectivity index (χ1v) is 9.92. The van der Waals surface area contributed by atoms with Gasteiger partial charge in [0.25, 0.3) is 0 Å². The van der Waals surface area contributed by atoms with Gasteiger partial charge in [-0.25, -0.2) is 17.5 Å². The maximum absolute atomic E-state index is 12.1. The Hall–Kier alpha value is -1.60. The van der Waals surface area contributed by atoms with Crippen molar-refractivity contribution in [1.29, 1.82) is 0 Å². The Balaban J connectivity index is 1.82. The first-order chi connectivity index (χ1) is 11.3. The number of carbonyl (C=O) groups excluding carboxylic acids is 1. The minimum atomic E-state index is -3.17. The van der Waals surface area contributed by atoms with Crippen LogP contribution in [0.2, 0.25) is 0 Å². The van der Waals surface area contributed by atoms with Crippen molar-refractivity contribution in [2.75, 3.05) is 18.8 Å². The summed E-state index contributed by atoms with van der Waals surface area (Å²) < 4.78 is 31.0. The van der Waals surface area contributed by atoms with Crippen LogP contribution in [-0.2, 0) is 21.4 Å². The van der Waals surface area contributed by atoms with Gasteiger partial charge in [-0.05, 0) is 31.7 Å². The third kappa shape index (κ3) is 5.21. The van der Waals surface area contributed by atoms with Crippen LogP contribution in [0.1, 0.15) is 38.7 Å². The Morgan fingerprint density at radius 2 is 1.88 bits per heavy atom. The highest BCUT2D eigenvalue weighted by Gasteiger charge is 2.35. The quantitative estimate of drug-likeness (QED) is 0.852. The fraction of sp³-hybridized carbons (Fsp3) is 0.588. The van der Waals surface area contributed by atoms with E-state index in [1.807, 2.05) is 44.2 Å². The van der Waals surface area contributed by atoms with Crippen LogP contribution in [-0.4, -0.2) is 43.2 Å². The summed E-state index contributed by atoms with van der Waals surface area (Å²) in [5.41, 5.74) is 0.490. The molecule has 7 heteroatoms. The molecule has 1 amide bonds. The van der Waals surface area contributed by atoms with Crippen molar-refractivity contribution in [2.24, 2.45) is 0 Å². The second-order valence-electron chi connectivity index (χ2n) is 6.46. The van der Waals surface area contributed by atoms with Gasteiger partial charge in [-0.1, -0.05) is 37.3 Å². The predicted molar refractivity (Wildman–Crippen MR) is 93.1 cm³/mol. The monoisotopic (exact) mass is 354 g/mol. The normalized spacial score (nSPS) is 18.1. The second kappa shape index (κ2) is 7.98. The molecule has 0 bridgehead atoms. The highest BCUT2D eigenvalue weighted by molar-refractivity contribution is 7.89. The van der Waals surface area contributed by atoms with E-state index in [4.69, 9.17) is 4.74 Å². The Kier molecular flexibility index (Phi) is 6.23. The van der Waals surface area contributed by atoms with Crippen LogP contribution in [0, 0.1) is 0 Å². The van der Waals surface area contributed by atoms with E-state index in [1.54, 1.807) is 0 Å². The van der Waals surface area contributed by atoms with Gasteiger partial charge in [0.1, 0.15) is 6.61 Å². The number of piperidine rings is 1. The largest absolute Gasteiger partial charge is 0.445 e. The van der Waals surface area contributed by atoms with E-state index in [0.29, 0.717) is 32.4 Å². The van der Waals surface area contributed by atoms with Crippen LogP contribution >= 0.6 is 0 Å². The van der Waals surface area contributed by atoms with Gasteiger partial charge in [0.2, 0.25) is 10.0 Å². The van der Waals surface area contributed by atoms with Gasteiger partial charge < -0.3 is 10.1 Å². The number of nitrogens with one attached hydrogen (secondary N) is 1. The minimum absolute atomic E-state index is 0.177. The van der Waals surface area contributed by atoms with Crippen LogP contribution in [0.5, 0.6) is 0 Å². The number of hydrogen-bond acceptors (Lipinski definition) is 4. The molecule has 1 aliphatic heterocycles. The number of ether oxygens (including phenoxy) is 1. The molecule has 1 aliphatic rings. The van der Waals surface area contributed by atoms with Gasteiger partial charge in [-0.3, -0.25) is 0 Å². The third-order valence-electron chi connectivity index (χ3n) is 4.30. The van der Waals surface area contributed by atoms with Crippen LogP contribution in [0.3, 0.4) is 0 Å². The van der Waals surface area contributed by atoms with E-state index in [2.05, 4.69) is 5.32 Å². The molecule has 1 heterocycles. The molecule has 1 aromatic rings. The summed E-state index contributed by atoms with van der Waals surface area (Å²) in [6, 6.07) is 9.48. The highest BCUT2D eigenvalue weighted by Crippen LogP contribution is 2.24. The zero-order chi connectivity index (χ0) is 17.6. The van der Waals surface area contributed by atoms with Gasteiger partial charge in [-0.2, -0.15) is 0 Å². The molecule has 0 saturated carbocycles. The Bertz CT molecular complexity index is 638. The molecule has 2 rings (SSSR count). The zero-order valence-electron chi connectivity index (χ0n) is 14.3. The molecule has 1 aromatic carbocycles. The van der Waals surface area contributed by atoms with Crippen molar-refractivity contribution in [1.82, 2.24) is 9.62 Å². The van der Waals surface area contributed by atoms with Crippen LogP contribution in [0.25, 0.3) is 0 Å². The maximum Gasteiger partial charge on any atom is 0.407 e. The molecule has 0 aromatic heterocycles. The lowest BCUT2D eigenvalue weighted by atomic mass is 9.91. The lowest BCUT2D eigenvalue weighted by molar-refractivity contribution is 0.117. The fourth-order valence-corrected chi connectivity index (χ4v) is 4.29. The number of sulfonamides is 1. The molecular formula is C17H26N2O4S. The predicted octanol–water partition coefficient (Wildman–Crippen LogP) is 2.51. The van der Waals surface area contributed by atoms with Gasteiger partial charge in [0.15, 0.2) is 0 Å². The van der Waals surface area contributed by atoms with Crippen molar-refractivity contribution in [3.63, 3.8) is 0 Å². The first kappa shape index (κ1) is 18.7. The summed E-state index contributed by atoms with van der Waals surface area (Å²) in [6.07, 6.45) is 1.30. The van der Waals surface area contributed by atoms with Gasteiger partial charge in [0.05, 0.1) is 5.75 Å². The van der Waals surface area contributed by atoms with Gasteiger partial charge in [0, 0.05) is 18.6 Å². The molecule has 0 unspecified atom stereocenters. The number of amides is 1. The Morgan fingerprint density at radius 3 is 2.46 bits per heavy atom. The lowest BCUT2D eigenvalue weighted by Crippen LogP contribution is -2.54. The molecular weight excluding hydrogens is 328 g/mol. The van der Waals surface area contributed by atoms with Crippen molar-refractivity contribution in [2.45, 2.75) is 45.3 Å². The van der Waals surface area contributed by atoms with Crippen molar-refractivity contribution in [3.05, 3.63) is 35.9 Å². The van der Waals surface area contributed by atoms with Gasteiger partial charge >= 0.3 is 6.09 Å². The summed E-state index contributed by atoms with van der Waals surface area (Å²) in [5, 5.41) is 2.89. The molecule has 1 N–H and O–H groups in total. The average Bonchev–Trinajstić information content (AvgIpc) is 2.54. The number of hydrogen-bond donors (Lipinski definition) is 1. The molecule has 6 nitrogen and oxygen atoms in total. The van der Waals surface area contributed by atoms with E-state index < -0.39 is 21.7 Å². The smallest absolute Gasteiger partial charge is 0.407 e. The zero-order valence-corrected chi connectivity index (χ0v) is 15.1. The van der Waals surface area contributed by atoms with Crippen molar-refractivity contribution >= 4 is 16.1 Å². The van der Waals surface area contributed by atoms with Crippen LogP contribution in [0.4, 0.5) is 4.79 Å². The van der Waals surface area contributed by atoms with E-state index in [0.717, 1.165) is 5.56 Å². The van der Waals surface area contributed by atoms with Gasteiger partial charge in [-0.15, -0.1) is 0 Å². The summed E-state index contributed by atoms with van der Waals surface area (Å²) >= 11 is 0. The van der Waals surface area contributed by atoms with E-state index in [1.165, 1.54) is 4.31 Å². The molecule has 0 aliphatic carbocycles. The molecule has 1 fully saturated rings. The van der Waals surface area contributed by atoms with E-state index >= 15 is 0 Å². The molecule has 1 saturated heterocycles. The van der Waals surface area contributed by atoms with Crippen molar-refractivity contribution in [3.8, 4) is 0 Å². The Labute approximate surface area is 144 Å². The highest BCUT2D eigenvalue weighted by atomic mass is 32.2. The van der Waals surface area contributed by atoms with Crippen molar-refractivity contribution < 1.29 is 17.9 Å². The third-order valence-corrected chi connectivity index (χ3v) is 6.37. The standard InChI is InChI=1S/C17H26N2O4S/c1-3-13-24(21,22)19-11-9-17(2,10-12-19)18-16(20)23-14-15-7-5-4-6-8-15/h4-8H,3,9-14H2,1-2H3,(H,18,20). The maximum atomic E-state index is 12.1. The second-order valence-corrected chi connectivity index (χ2v) is 8.55. The average molecular weight is 354 g/mol. The molecule has 0 spiro atoms. The topological polar surface area (TPSA) is 75.7 Å². The van der Waals surface area contributed by atoms with E-state index in [9.17, 15) is 13.2 Å². The molecule has 0 radical (unpaired) electrons. The number of carbonyl (C=O) groups is 1. The Morgan fingerprint density at radius 1 is 1.25 bits per heavy atom. The number of alkyl carbamates (subject to hydrolysis) is 1. The fourth-order valence-electron chi connectivity index (χ4n) is 2.78. The minimum Gasteiger partial charge on any atom is -0.445 e. The number of rotatable bonds is 6. The SMILES string of the molecule is CCCS(=O)(=O)N1CCC(C)(NC(=O)OCc2ccccc2)CC1. The summed E-state index contributed by atoms with van der Waals surface area (Å²) in [7, 11) is -3.17. The summed E-state index contributed by atoms with van der Waals surface area (Å²) in [5.74, 6) is 0.177. The summed E-state index contributed by atoms with van der Waals surface area (Å²) in [4.78, 5) is 12.0. The molecule has 24 heavy (non-hydrogen) atoms.